The third-order valence-electron chi connectivity index (χ3n) is 4.48. The van der Waals surface area contributed by atoms with Crippen molar-refractivity contribution in [2.75, 3.05) is 26.7 Å². The van der Waals surface area contributed by atoms with Crippen molar-refractivity contribution in [2.45, 2.75) is 51.6 Å². The maximum Gasteiger partial charge on any atom is 0.190 e. The number of benzene rings is 1. The summed E-state index contributed by atoms with van der Waals surface area (Å²) < 4.78 is 18.9. The second-order valence-electron chi connectivity index (χ2n) is 6.38. The van der Waals surface area contributed by atoms with Crippen molar-refractivity contribution in [3.05, 3.63) is 35.1 Å². The number of aliphatic imine (C=N–C) groups is 1. The van der Waals surface area contributed by atoms with E-state index in [0.29, 0.717) is 6.10 Å². The number of hydrogen-bond donors (Lipinski definition) is 2. The molecule has 1 fully saturated rings. The molecular weight excluding hydrogens is 432 g/mol. The number of aryl methyl sites for hydroxylation is 1. The highest BCUT2D eigenvalue weighted by molar-refractivity contribution is 14.0. The van der Waals surface area contributed by atoms with Gasteiger partial charge in [0.2, 0.25) is 0 Å². The maximum absolute atomic E-state index is 13.1. The van der Waals surface area contributed by atoms with E-state index in [4.69, 9.17) is 4.74 Å². The van der Waals surface area contributed by atoms with Crippen LogP contribution in [-0.2, 0) is 11.2 Å². The normalized spacial score (nSPS) is 15.1. The molecule has 0 bridgehead atoms. The predicted octanol–water partition coefficient (Wildman–Crippen LogP) is 3.81. The molecule has 6 heteroatoms. The van der Waals surface area contributed by atoms with Crippen molar-refractivity contribution in [1.82, 2.24) is 10.6 Å². The summed E-state index contributed by atoms with van der Waals surface area (Å²) in [5.74, 6) is 0.622. The van der Waals surface area contributed by atoms with Gasteiger partial charge in [-0.2, -0.15) is 0 Å². The van der Waals surface area contributed by atoms with E-state index in [1.54, 1.807) is 13.1 Å². The monoisotopic (exact) mass is 463 g/mol. The largest absolute Gasteiger partial charge is 0.378 e. The number of hydrogen-bond acceptors (Lipinski definition) is 2. The highest BCUT2D eigenvalue weighted by Crippen LogP contribution is 2.20. The summed E-state index contributed by atoms with van der Waals surface area (Å²) in [5.41, 5.74) is 2.15. The summed E-state index contributed by atoms with van der Waals surface area (Å²) in [7, 11) is 1.77. The van der Waals surface area contributed by atoms with Crippen LogP contribution in [-0.4, -0.2) is 38.8 Å². The van der Waals surface area contributed by atoms with Crippen LogP contribution in [0.15, 0.2) is 23.2 Å². The lowest BCUT2D eigenvalue weighted by molar-refractivity contribution is 0.0574. The van der Waals surface area contributed by atoms with Crippen LogP contribution in [0, 0.1) is 12.7 Å². The molecule has 2 N–H and O–H groups in total. The highest BCUT2D eigenvalue weighted by atomic mass is 127. The molecule has 0 heterocycles. The Balaban J connectivity index is 0.00000312. The Bertz CT molecular complexity index is 533. The fourth-order valence-electron chi connectivity index (χ4n) is 3.06. The molecule has 0 spiro atoms. The van der Waals surface area contributed by atoms with Crippen LogP contribution in [0.25, 0.3) is 0 Å². The fraction of sp³-hybridized carbons (Fsp3) is 0.632. The van der Waals surface area contributed by atoms with Gasteiger partial charge in [-0.15, -0.1) is 24.0 Å². The lowest BCUT2D eigenvalue weighted by Crippen LogP contribution is -2.39. The van der Waals surface area contributed by atoms with Crippen LogP contribution in [0.3, 0.4) is 0 Å². The van der Waals surface area contributed by atoms with Crippen molar-refractivity contribution >= 4 is 29.9 Å². The average molecular weight is 463 g/mol. The molecule has 1 aromatic carbocycles. The van der Waals surface area contributed by atoms with Crippen LogP contribution in [0.1, 0.15) is 43.2 Å². The van der Waals surface area contributed by atoms with Crippen molar-refractivity contribution in [1.29, 1.82) is 0 Å². The van der Waals surface area contributed by atoms with Gasteiger partial charge in [-0.05, 0) is 55.9 Å². The summed E-state index contributed by atoms with van der Waals surface area (Å²) in [6.07, 6.45) is 7.38. The van der Waals surface area contributed by atoms with Gasteiger partial charge in [0.25, 0.3) is 0 Å². The van der Waals surface area contributed by atoms with Gasteiger partial charge < -0.3 is 15.4 Å². The highest BCUT2D eigenvalue weighted by Gasteiger charge is 2.14. The molecule has 2 rings (SSSR count). The first-order chi connectivity index (χ1) is 11.7. The third kappa shape index (κ3) is 8.35. The van der Waals surface area contributed by atoms with E-state index in [2.05, 4.69) is 15.6 Å². The van der Waals surface area contributed by atoms with Gasteiger partial charge in [-0.1, -0.05) is 18.9 Å². The van der Waals surface area contributed by atoms with E-state index in [9.17, 15) is 4.39 Å². The second-order valence-corrected chi connectivity index (χ2v) is 6.38. The maximum atomic E-state index is 13.1. The number of nitrogens with zero attached hydrogens (tertiary/aromatic N) is 1. The zero-order valence-electron chi connectivity index (χ0n) is 15.3. The molecule has 142 valence electrons. The Kier molecular flexibility index (Phi) is 11.0. The molecule has 1 aromatic rings. The molecule has 0 aliphatic heterocycles. The SMILES string of the molecule is CN=C(NCCCOC1CCCC1)NCCc1ccc(F)cc1C.I. The van der Waals surface area contributed by atoms with E-state index < -0.39 is 0 Å². The zero-order chi connectivity index (χ0) is 17.2. The Hall–Kier alpha value is -0.890. The number of nitrogens with one attached hydrogen (secondary N) is 2. The smallest absolute Gasteiger partial charge is 0.190 e. The molecule has 25 heavy (non-hydrogen) atoms. The predicted molar refractivity (Wildman–Crippen MR) is 112 cm³/mol. The molecule has 0 aromatic heterocycles. The van der Waals surface area contributed by atoms with E-state index in [1.807, 2.05) is 13.0 Å². The standard InChI is InChI=1S/C19H30FN3O.HI/c1-15-14-17(20)9-8-16(15)10-12-23-19(21-2)22-11-5-13-24-18-6-3-4-7-18;/h8-9,14,18H,3-7,10-13H2,1-2H3,(H2,21,22,23);1H. The summed E-state index contributed by atoms with van der Waals surface area (Å²) in [6.45, 7) is 4.37. The molecule has 4 nitrogen and oxygen atoms in total. The average Bonchev–Trinajstić information content (AvgIpc) is 3.08. The fourth-order valence-corrected chi connectivity index (χ4v) is 3.06. The lowest BCUT2D eigenvalue weighted by atomic mass is 10.1. The van der Waals surface area contributed by atoms with E-state index in [0.717, 1.165) is 49.6 Å². The van der Waals surface area contributed by atoms with Crippen LogP contribution in [0.4, 0.5) is 4.39 Å². The molecule has 0 unspecified atom stereocenters. The molecule has 0 radical (unpaired) electrons. The Morgan fingerprint density at radius 2 is 1.96 bits per heavy atom. The Labute approximate surface area is 168 Å². The van der Waals surface area contributed by atoms with Gasteiger partial charge in [0.1, 0.15) is 5.82 Å². The van der Waals surface area contributed by atoms with E-state index >= 15 is 0 Å². The van der Waals surface area contributed by atoms with Gasteiger partial charge in [0.05, 0.1) is 6.10 Å². The molecule has 0 amide bonds. The van der Waals surface area contributed by atoms with E-state index in [1.165, 1.54) is 31.7 Å². The van der Waals surface area contributed by atoms with Gasteiger partial charge >= 0.3 is 0 Å². The van der Waals surface area contributed by atoms with Crippen LogP contribution in [0.2, 0.25) is 0 Å². The lowest BCUT2D eigenvalue weighted by Gasteiger charge is -2.14. The van der Waals surface area contributed by atoms with Gasteiger partial charge in [0, 0.05) is 26.7 Å². The van der Waals surface area contributed by atoms with Crippen LogP contribution in [0.5, 0.6) is 0 Å². The minimum absolute atomic E-state index is 0. The Morgan fingerprint density at radius 3 is 2.64 bits per heavy atom. The first-order valence-electron chi connectivity index (χ1n) is 9.00. The summed E-state index contributed by atoms with van der Waals surface area (Å²) in [6, 6.07) is 4.94. The van der Waals surface area contributed by atoms with Gasteiger partial charge in [-0.25, -0.2) is 4.39 Å². The molecule has 1 aliphatic carbocycles. The number of halogens is 2. The van der Waals surface area contributed by atoms with Crippen molar-refractivity contribution in [3.63, 3.8) is 0 Å². The number of rotatable bonds is 8. The third-order valence-corrected chi connectivity index (χ3v) is 4.48. The zero-order valence-corrected chi connectivity index (χ0v) is 17.6. The summed E-state index contributed by atoms with van der Waals surface area (Å²) >= 11 is 0. The minimum atomic E-state index is -0.179. The van der Waals surface area contributed by atoms with E-state index in [-0.39, 0.29) is 29.8 Å². The number of ether oxygens (including phenoxy) is 1. The summed E-state index contributed by atoms with van der Waals surface area (Å²) in [4.78, 5) is 4.22. The molecule has 1 aliphatic rings. The van der Waals surface area contributed by atoms with Gasteiger partial charge in [0.15, 0.2) is 5.96 Å². The van der Waals surface area contributed by atoms with Crippen molar-refractivity contribution < 1.29 is 9.13 Å². The first kappa shape index (κ1) is 22.2. The molecule has 0 saturated heterocycles. The first-order valence-corrected chi connectivity index (χ1v) is 9.00. The summed E-state index contributed by atoms with van der Waals surface area (Å²) in [5, 5.41) is 6.60. The minimum Gasteiger partial charge on any atom is -0.378 e. The van der Waals surface area contributed by atoms with Gasteiger partial charge in [-0.3, -0.25) is 4.99 Å². The van der Waals surface area contributed by atoms with Crippen LogP contribution < -0.4 is 10.6 Å². The molecular formula is C19H31FIN3O. The quantitative estimate of drug-likeness (QED) is 0.267. The van der Waals surface area contributed by atoms with Crippen molar-refractivity contribution in [2.24, 2.45) is 4.99 Å². The van der Waals surface area contributed by atoms with Crippen LogP contribution >= 0.6 is 24.0 Å². The van der Waals surface area contributed by atoms with Crippen molar-refractivity contribution in [3.8, 4) is 0 Å². The Morgan fingerprint density at radius 1 is 1.24 bits per heavy atom. The second kappa shape index (κ2) is 12.5. The number of guanidine groups is 1. The molecule has 0 atom stereocenters. The molecule has 1 saturated carbocycles. The topological polar surface area (TPSA) is 45.7 Å².